The van der Waals surface area contributed by atoms with Gasteiger partial charge in [0.2, 0.25) is 15.9 Å². The Morgan fingerprint density at radius 2 is 1.61 bits per heavy atom. The SMILES string of the molecule is O=C(NCC1CCN(S(=O)(=O)c2ccccc2Cl)CC1)C1CCCCCCC1. The zero-order valence-corrected chi connectivity index (χ0v) is 18.0. The second-order valence-electron chi connectivity index (χ2n) is 8.07. The molecule has 1 saturated heterocycles. The van der Waals surface area contributed by atoms with Gasteiger partial charge in [-0.15, -0.1) is 0 Å². The molecule has 156 valence electrons. The highest BCUT2D eigenvalue weighted by Gasteiger charge is 2.31. The maximum atomic E-state index is 12.8. The zero-order valence-electron chi connectivity index (χ0n) is 16.4. The third-order valence-corrected chi connectivity index (χ3v) is 8.47. The van der Waals surface area contributed by atoms with Crippen molar-refractivity contribution >= 4 is 27.5 Å². The first-order valence-electron chi connectivity index (χ1n) is 10.5. The number of carbonyl (C=O) groups is 1. The number of halogens is 1. The zero-order chi connectivity index (χ0) is 20.0. The van der Waals surface area contributed by atoms with Gasteiger partial charge in [0, 0.05) is 25.6 Å². The van der Waals surface area contributed by atoms with Crippen molar-refractivity contribution in [3.63, 3.8) is 0 Å². The number of nitrogens with one attached hydrogen (secondary N) is 1. The number of benzene rings is 1. The van der Waals surface area contributed by atoms with Crippen LogP contribution < -0.4 is 5.32 Å². The van der Waals surface area contributed by atoms with E-state index in [1.165, 1.54) is 23.6 Å². The number of hydrogen-bond acceptors (Lipinski definition) is 3. The van der Waals surface area contributed by atoms with Crippen LogP contribution in [0.3, 0.4) is 0 Å². The molecule has 0 unspecified atom stereocenters. The van der Waals surface area contributed by atoms with Crippen LogP contribution in [0.1, 0.15) is 57.8 Å². The molecule has 2 fully saturated rings. The van der Waals surface area contributed by atoms with Gasteiger partial charge in [-0.1, -0.05) is 55.8 Å². The first kappa shape index (κ1) is 21.6. The molecule has 7 heteroatoms. The Hall–Kier alpha value is -1.11. The van der Waals surface area contributed by atoms with Gasteiger partial charge in [0.15, 0.2) is 0 Å². The van der Waals surface area contributed by atoms with E-state index in [0.717, 1.165) is 38.5 Å². The van der Waals surface area contributed by atoms with Gasteiger partial charge >= 0.3 is 0 Å². The highest BCUT2D eigenvalue weighted by molar-refractivity contribution is 7.89. The van der Waals surface area contributed by atoms with Crippen LogP contribution in [0.4, 0.5) is 0 Å². The third kappa shape index (κ3) is 5.49. The van der Waals surface area contributed by atoms with Crippen LogP contribution in [0.2, 0.25) is 5.02 Å². The van der Waals surface area contributed by atoms with Gasteiger partial charge in [0.1, 0.15) is 4.90 Å². The Morgan fingerprint density at radius 1 is 1.00 bits per heavy atom. The minimum Gasteiger partial charge on any atom is -0.356 e. The molecule has 2 aliphatic rings. The number of piperidine rings is 1. The molecule has 1 aromatic carbocycles. The summed E-state index contributed by atoms with van der Waals surface area (Å²) in [5.41, 5.74) is 0. The Kier molecular flexibility index (Phi) is 7.77. The van der Waals surface area contributed by atoms with Crippen LogP contribution in [-0.4, -0.2) is 38.3 Å². The Bertz CT molecular complexity index is 753. The molecule has 1 amide bonds. The minimum absolute atomic E-state index is 0.154. The van der Waals surface area contributed by atoms with Gasteiger partial charge in [-0.2, -0.15) is 4.31 Å². The molecule has 1 N–H and O–H groups in total. The summed E-state index contributed by atoms with van der Waals surface area (Å²) in [4.78, 5) is 12.7. The van der Waals surface area contributed by atoms with Gasteiger partial charge in [-0.25, -0.2) is 8.42 Å². The standard InChI is InChI=1S/C21H31ClN2O3S/c22-19-10-6-7-11-20(19)28(26,27)24-14-12-17(13-15-24)16-23-21(25)18-8-4-2-1-3-5-9-18/h6-7,10-11,17-18H,1-5,8-9,12-16H2,(H,23,25). The maximum absolute atomic E-state index is 12.8. The van der Waals surface area contributed by atoms with Crippen molar-refractivity contribution in [1.29, 1.82) is 0 Å². The summed E-state index contributed by atoms with van der Waals surface area (Å²) in [6.45, 7) is 1.59. The topological polar surface area (TPSA) is 66.5 Å². The average molecular weight is 427 g/mol. The molecule has 1 aliphatic heterocycles. The first-order chi connectivity index (χ1) is 13.5. The summed E-state index contributed by atoms with van der Waals surface area (Å²) < 4.78 is 27.2. The summed E-state index contributed by atoms with van der Waals surface area (Å²) in [6.07, 6.45) is 9.59. The fourth-order valence-corrected chi connectivity index (χ4v) is 6.22. The van der Waals surface area contributed by atoms with E-state index in [2.05, 4.69) is 5.32 Å². The van der Waals surface area contributed by atoms with Gasteiger partial charge in [-0.3, -0.25) is 4.79 Å². The lowest BCUT2D eigenvalue weighted by molar-refractivity contribution is -0.125. The molecule has 1 aromatic rings. The molecule has 0 atom stereocenters. The molecule has 0 radical (unpaired) electrons. The molecule has 0 spiro atoms. The second kappa shape index (κ2) is 10.1. The van der Waals surface area contributed by atoms with Gasteiger partial charge in [0.25, 0.3) is 0 Å². The summed E-state index contributed by atoms with van der Waals surface area (Å²) in [7, 11) is -3.56. The predicted octanol–water partition coefficient (Wildman–Crippen LogP) is 4.22. The number of nitrogens with zero attached hydrogens (tertiary/aromatic N) is 1. The Labute approximate surface area is 173 Å². The molecule has 0 bridgehead atoms. The molecule has 0 aromatic heterocycles. The Morgan fingerprint density at radius 3 is 2.25 bits per heavy atom. The van der Waals surface area contributed by atoms with Crippen LogP contribution in [0, 0.1) is 11.8 Å². The van der Waals surface area contributed by atoms with E-state index in [1.54, 1.807) is 24.3 Å². The first-order valence-corrected chi connectivity index (χ1v) is 12.3. The van der Waals surface area contributed by atoms with E-state index < -0.39 is 10.0 Å². The number of sulfonamides is 1. The van der Waals surface area contributed by atoms with Crippen LogP contribution in [-0.2, 0) is 14.8 Å². The van der Waals surface area contributed by atoms with E-state index in [4.69, 9.17) is 11.6 Å². The molecule has 5 nitrogen and oxygen atoms in total. The lowest BCUT2D eigenvalue weighted by atomic mass is 9.90. The van der Waals surface area contributed by atoms with Gasteiger partial charge < -0.3 is 5.32 Å². The van der Waals surface area contributed by atoms with Crippen molar-refractivity contribution in [3.8, 4) is 0 Å². The lowest BCUT2D eigenvalue weighted by Gasteiger charge is -2.31. The molecule has 28 heavy (non-hydrogen) atoms. The molecular formula is C21H31ClN2O3S. The monoisotopic (exact) mass is 426 g/mol. The maximum Gasteiger partial charge on any atom is 0.244 e. The van der Waals surface area contributed by atoms with Crippen molar-refractivity contribution < 1.29 is 13.2 Å². The number of hydrogen-bond donors (Lipinski definition) is 1. The van der Waals surface area contributed by atoms with Crippen LogP contribution in [0.5, 0.6) is 0 Å². The smallest absolute Gasteiger partial charge is 0.244 e. The highest BCUT2D eigenvalue weighted by atomic mass is 35.5. The van der Waals surface area contributed by atoms with E-state index in [-0.39, 0.29) is 21.7 Å². The average Bonchev–Trinajstić information content (AvgIpc) is 2.66. The highest BCUT2D eigenvalue weighted by Crippen LogP contribution is 2.28. The fraction of sp³-hybridized carbons (Fsp3) is 0.667. The predicted molar refractivity (Wildman–Crippen MR) is 112 cm³/mol. The van der Waals surface area contributed by atoms with Crippen molar-refractivity contribution in [3.05, 3.63) is 29.3 Å². The van der Waals surface area contributed by atoms with E-state index in [1.807, 2.05) is 0 Å². The summed E-state index contributed by atoms with van der Waals surface area (Å²) in [5.74, 6) is 0.671. The van der Waals surface area contributed by atoms with Crippen molar-refractivity contribution in [2.75, 3.05) is 19.6 Å². The summed E-state index contributed by atoms with van der Waals surface area (Å²) in [6, 6.07) is 6.58. The molecule has 1 saturated carbocycles. The Balaban J connectivity index is 1.47. The fourth-order valence-electron chi connectivity index (χ4n) is 4.25. The molecule has 1 aliphatic carbocycles. The quantitative estimate of drug-likeness (QED) is 0.766. The lowest BCUT2D eigenvalue weighted by Crippen LogP contribution is -2.42. The van der Waals surface area contributed by atoms with E-state index in [0.29, 0.717) is 25.6 Å². The van der Waals surface area contributed by atoms with Crippen molar-refractivity contribution in [2.24, 2.45) is 11.8 Å². The number of amides is 1. The van der Waals surface area contributed by atoms with Crippen LogP contribution >= 0.6 is 11.6 Å². The molecular weight excluding hydrogens is 396 g/mol. The second-order valence-corrected chi connectivity index (χ2v) is 10.4. The third-order valence-electron chi connectivity index (χ3n) is 6.07. The van der Waals surface area contributed by atoms with Gasteiger partial charge in [0.05, 0.1) is 5.02 Å². The minimum atomic E-state index is -3.56. The number of carbonyl (C=O) groups excluding carboxylic acids is 1. The van der Waals surface area contributed by atoms with Crippen LogP contribution in [0.15, 0.2) is 29.2 Å². The van der Waals surface area contributed by atoms with Crippen molar-refractivity contribution in [2.45, 2.75) is 62.7 Å². The largest absolute Gasteiger partial charge is 0.356 e. The number of rotatable bonds is 5. The van der Waals surface area contributed by atoms with Crippen molar-refractivity contribution in [1.82, 2.24) is 9.62 Å². The molecule has 3 rings (SSSR count). The van der Waals surface area contributed by atoms with Crippen LogP contribution in [0.25, 0.3) is 0 Å². The molecule has 1 heterocycles. The summed E-state index contributed by atoms with van der Waals surface area (Å²) >= 11 is 6.08. The van der Waals surface area contributed by atoms with Gasteiger partial charge in [-0.05, 0) is 43.7 Å². The summed E-state index contributed by atoms with van der Waals surface area (Å²) in [5, 5.41) is 3.40. The normalized spacial score (nSPS) is 21.0. The van der Waals surface area contributed by atoms with E-state index >= 15 is 0 Å². The van der Waals surface area contributed by atoms with E-state index in [9.17, 15) is 13.2 Å².